The van der Waals surface area contributed by atoms with Crippen LogP contribution < -0.4 is 11.1 Å². The van der Waals surface area contributed by atoms with E-state index in [0.717, 1.165) is 35.8 Å². The predicted octanol–water partition coefficient (Wildman–Crippen LogP) is 4.33. The van der Waals surface area contributed by atoms with Gasteiger partial charge in [0.2, 0.25) is 5.95 Å². The monoisotopic (exact) mass is 533 g/mol. The highest BCUT2D eigenvalue weighted by Gasteiger charge is 2.21. The number of hydrogen-bond acceptors (Lipinski definition) is 8. The molecule has 11 heteroatoms. The summed E-state index contributed by atoms with van der Waals surface area (Å²) in [6.07, 6.45) is 1.01. The van der Waals surface area contributed by atoms with Crippen LogP contribution in [0.1, 0.15) is 5.56 Å². The molecule has 0 spiro atoms. The van der Waals surface area contributed by atoms with Crippen LogP contribution in [-0.2, 0) is 4.74 Å². The highest BCUT2D eigenvalue weighted by Crippen LogP contribution is 2.41. The molecule has 4 rings (SSSR count). The number of nitrogens with zero attached hydrogens (tertiary/aromatic N) is 4. The number of pyridine rings is 1. The lowest BCUT2D eigenvalue weighted by molar-refractivity contribution is 0.187. The van der Waals surface area contributed by atoms with Crippen LogP contribution in [0.5, 0.6) is 0 Å². The zero-order chi connectivity index (χ0) is 21.3. The third-order valence-electron chi connectivity index (χ3n) is 4.15. The molecule has 0 radical (unpaired) electrons. The zero-order valence-corrected chi connectivity index (χ0v) is 18.9. The van der Waals surface area contributed by atoms with Crippen LogP contribution in [0.2, 0.25) is 0 Å². The number of anilines is 2. The summed E-state index contributed by atoms with van der Waals surface area (Å²) in [6.45, 7) is 2.04. The largest absolute Gasteiger partial charge is 0.453 e. The highest BCUT2D eigenvalue weighted by atomic mass is 127. The minimum Gasteiger partial charge on any atom is -0.453 e. The summed E-state index contributed by atoms with van der Waals surface area (Å²) in [5.74, 6) is 1.08. The quantitative estimate of drug-likeness (QED) is 0.333. The average molecular weight is 533 g/mol. The third kappa shape index (κ3) is 4.11. The molecule has 4 N–H and O–H groups in total. The van der Waals surface area contributed by atoms with Gasteiger partial charge < -0.3 is 10.5 Å². The van der Waals surface area contributed by atoms with Crippen molar-refractivity contribution in [2.45, 2.75) is 6.92 Å². The fraction of sp³-hybridized carbons (Fsp3) is 0.105. The lowest BCUT2D eigenvalue weighted by atomic mass is 10.1. The van der Waals surface area contributed by atoms with Crippen molar-refractivity contribution in [3.63, 3.8) is 0 Å². The van der Waals surface area contributed by atoms with Crippen molar-refractivity contribution < 1.29 is 9.53 Å². The Morgan fingerprint density at radius 2 is 2.10 bits per heavy atom. The van der Waals surface area contributed by atoms with Crippen LogP contribution in [0.3, 0.4) is 0 Å². The Kier molecular flexibility index (Phi) is 5.63. The molecule has 3 aromatic heterocycles. The highest BCUT2D eigenvalue weighted by molar-refractivity contribution is 14.1. The number of nitrogens with one attached hydrogen (secondary N) is 2. The Hall–Kier alpha value is -3.06. The summed E-state index contributed by atoms with van der Waals surface area (Å²) in [7, 11) is 1.30. The molecule has 0 fully saturated rings. The molecule has 0 atom stereocenters. The first-order chi connectivity index (χ1) is 14.4. The van der Waals surface area contributed by atoms with Gasteiger partial charge in [-0.05, 0) is 47.7 Å². The van der Waals surface area contributed by atoms with Gasteiger partial charge in [0.25, 0.3) is 0 Å². The summed E-state index contributed by atoms with van der Waals surface area (Å²) in [4.78, 5) is 25.6. The molecule has 0 aliphatic carbocycles. The number of ether oxygens (including phenoxy) is 1. The zero-order valence-electron chi connectivity index (χ0n) is 15.9. The van der Waals surface area contributed by atoms with Gasteiger partial charge in [-0.3, -0.25) is 10.4 Å². The normalized spacial score (nSPS) is 10.8. The first-order valence-corrected chi connectivity index (χ1v) is 10.6. The van der Waals surface area contributed by atoms with E-state index in [1.165, 1.54) is 18.4 Å². The molecule has 0 aliphatic rings. The lowest BCUT2D eigenvalue weighted by Gasteiger charge is -2.05. The van der Waals surface area contributed by atoms with Gasteiger partial charge in [0.15, 0.2) is 5.82 Å². The lowest BCUT2D eigenvalue weighted by Crippen LogP contribution is -2.11. The molecule has 1 amide bonds. The van der Waals surface area contributed by atoms with E-state index in [9.17, 15) is 4.79 Å². The Balaban J connectivity index is 1.84. The van der Waals surface area contributed by atoms with Crippen LogP contribution in [0.15, 0.2) is 36.5 Å². The van der Waals surface area contributed by atoms with Gasteiger partial charge >= 0.3 is 6.09 Å². The van der Waals surface area contributed by atoms with E-state index >= 15 is 0 Å². The van der Waals surface area contributed by atoms with Gasteiger partial charge in [-0.2, -0.15) is 4.98 Å². The van der Waals surface area contributed by atoms with Gasteiger partial charge in [-0.1, -0.05) is 17.7 Å². The van der Waals surface area contributed by atoms with Crippen LogP contribution in [-0.4, -0.2) is 38.4 Å². The van der Waals surface area contributed by atoms with E-state index < -0.39 is 6.09 Å². The van der Waals surface area contributed by atoms with Crippen molar-refractivity contribution in [2.75, 3.05) is 18.2 Å². The fourth-order valence-electron chi connectivity index (χ4n) is 2.76. The fourth-order valence-corrected chi connectivity index (χ4v) is 4.70. The number of hydrogen-bond donors (Lipinski definition) is 3. The smallest absolute Gasteiger partial charge is 0.412 e. The second kappa shape index (κ2) is 8.36. The molecule has 1 aromatic carbocycles. The van der Waals surface area contributed by atoms with Crippen molar-refractivity contribution in [3.8, 4) is 32.5 Å². The molecule has 0 bridgehead atoms. The van der Waals surface area contributed by atoms with E-state index in [2.05, 4.69) is 58.9 Å². The molecular formula is C19H16IN7O2S. The average Bonchev–Trinajstić information content (AvgIpc) is 3.34. The molecule has 3 heterocycles. The van der Waals surface area contributed by atoms with E-state index in [-0.39, 0.29) is 5.95 Å². The van der Waals surface area contributed by atoms with Gasteiger partial charge in [0.1, 0.15) is 10.8 Å². The van der Waals surface area contributed by atoms with E-state index in [1.807, 2.05) is 25.1 Å². The standard InChI is InChI=1S/C19H16IN7O2S/c1-9-3-4-11(12(20)7-9)14-15(16-25-18(21)27-26-16)30-17(24-14)10-5-6-22-13(8-10)23-19(28)29-2/h3-8H,1-2H3,(H,22,23,28)(H3,21,25,26,27). The molecule has 0 unspecified atom stereocenters. The Labute approximate surface area is 189 Å². The number of nitrogen functional groups attached to an aromatic ring is 1. The van der Waals surface area contributed by atoms with E-state index in [0.29, 0.717) is 11.6 Å². The number of methoxy groups -OCH3 is 1. The number of benzene rings is 1. The van der Waals surface area contributed by atoms with Crippen molar-refractivity contribution in [2.24, 2.45) is 0 Å². The Morgan fingerprint density at radius 1 is 1.27 bits per heavy atom. The van der Waals surface area contributed by atoms with Gasteiger partial charge in [0.05, 0.1) is 17.7 Å². The van der Waals surface area contributed by atoms with E-state index in [4.69, 9.17) is 10.7 Å². The minimum atomic E-state index is -0.591. The molecule has 4 aromatic rings. The van der Waals surface area contributed by atoms with Crippen LogP contribution >= 0.6 is 33.9 Å². The predicted molar refractivity (Wildman–Crippen MR) is 124 cm³/mol. The second-order valence-electron chi connectivity index (χ2n) is 6.27. The van der Waals surface area contributed by atoms with Crippen LogP contribution in [0.4, 0.5) is 16.6 Å². The number of H-pyrrole nitrogens is 1. The Bertz CT molecular complexity index is 1240. The molecule has 0 saturated carbocycles. The summed E-state index contributed by atoms with van der Waals surface area (Å²) in [5, 5.41) is 10.1. The summed E-state index contributed by atoms with van der Waals surface area (Å²) in [5.41, 5.74) is 9.43. The maximum absolute atomic E-state index is 11.5. The molecule has 152 valence electrons. The summed E-state index contributed by atoms with van der Waals surface area (Å²) < 4.78 is 5.70. The minimum absolute atomic E-state index is 0.165. The van der Waals surface area contributed by atoms with Gasteiger partial charge in [-0.25, -0.2) is 14.8 Å². The van der Waals surface area contributed by atoms with Crippen molar-refractivity contribution >= 4 is 51.8 Å². The SMILES string of the molecule is COC(=O)Nc1cc(-c2nc(-c3ccc(C)cc3I)c(-c3nc(N)n[nH]3)s2)ccn1. The topological polar surface area (TPSA) is 132 Å². The number of thiazole rings is 1. The number of carbonyl (C=O) groups is 1. The second-order valence-corrected chi connectivity index (χ2v) is 8.43. The van der Waals surface area contributed by atoms with Crippen molar-refractivity contribution in [3.05, 3.63) is 45.7 Å². The molecule has 9 nitrogen and oxygen atoms in total. The van der Waals surface area contributed by atoms with Gasteiger partial charge in [-0.15, -0.1) is 16.4 Å². The number of aromatic nitrogens is 5. The van der Waals surface area contributed by atoms with Crippen LogP contribution in [0, 0.1) is 10.5 Å². The van der Waals surface area contributed by atoms with Crippen molar-refractivity contribution in [1.82, 2.24) is 25.1 Å². The maximum Gasteiger partial charge on any atom is 0.412 e. The summed E-state index contributed by atoms with van der Waals surface area (Å²) >= 11 is 3.74. The number of rotatable bonds is 4. The number of nitrogens with two attached hydrogens (primary N) is 1. The van der Waals surface area contributed by atoms with Crippen LogP contribution in [0.25, 0.3) is 32.5 Å². The van der Waals surface area contributed by atoms with E-state index in [1.54, 1.807) is 12.3 Å². The first kappa shape index (κ1) is 20.2. The van der Waals surface area contributed by atoms with Crippen molar-refractivity contribution in [1.29, 1.82) is 0 Å². The number of amides is 1. The molecular weight excluding hydrogens is 517 g/mol. The number of halogens is 1. The Morgan fingerprint density at radius 3 is 2.80 bits per heavy atom. The maximum atomic E-state index is 11.5. The molecule has 0 aliphatic heterocycles. The molecule has 0 saturated heterocycles. The summed E-state index contributed by atoms with van der Waals surface area (Å²) in [6, 6.07) is 9.73. The first-order valence-electron chi connectivity index (χ1n) is 8.71. The third-order valence-corrected chi connectivity index (χ3v) is 6.15. The number of aryl methyl sites for hydroxylation is 1. The van der Waals surface area contributed by atoms with Gasteiger partial charge in [0, 0.05) is 20.9 Å². The number of carbonyl (C=O) groups excluding carboxylic acids is 1. The molecule has 30 heavy (non-hydrogen) atoms. The number of aromatic amines is 1.